The van der Waals surface area contributed by atoms with Gasteiger partial charge in [0, 0.05) is 26.1 Å². The van der Waals surface area contributed by atoms with E-state index in [4.69, 9.17) is 5.73 Å². The fourth-order valence-electron chi connectivity index (χ4n) is 1.93. The standard InChI is InChI=1S/C11H23N3O3S.ClH/c12-6-4-7-13-11(15)5-3-10-18(16,17)14-8-1-2-9-14;/h1-10,12H2,(H,13,15);1H. The number of carbonyl (C=O) groups excluding carboxylic acids is 1. The molecule has 0 aromatic heterocycles. The smallest absolute Gasteiger partial charge is 0.220 e. The molecule has 1 fully saturated rings. The average Bonchev–Trinajstić information content (AvgIpc) is 2.83. The second-order valence-corrected chi connectivity index (χ2v) is 6.61. The Morgan fingerprint density at radius 3 is 2.42 bits per heavy atom. The van der Waals surface area contributed by atoms with Gasteiger partial charge in [0.15, 0.2) is 0 Å². The first-order valence-corrected chi connectivity index (χ1v) is 8.12. The van der Waals surface area contributed by atoms with Crippen molar-refractivity contribution in [1.82, 2.24) is 9.62 Å². The molecule has 0 spiro atoms. The highest BCUT2D eigenvalue weighted by Crippen LogP contribution is 2.14. The number of nitrogens with one attached hydrogen (secondary N) is 1. The summed E-state index contributed by atoms with van der Waals surface area (Å²) in [5, 5.41) is 2.71. The fraction of sp³-hybridized carbons (Fsp3) is 0.909. The number of rotatable bonds is 8. The molecule has 0 aromatic carbocycles. The van der Waals surface area contributed by atoms with Crippen LogP contribution in [0.25, 0.3) is 0 Å². The highest BCUT2D eigenvalue weighted by molar-refractivity contribution is 7.89. The zero-order valence-corrected chi connectivity index (χ0v) is 12.8. The Morgan fingerprint density at radius 2 is 1.84 bits per heavy atom. The van der Waals surface area contributed by atoms with Crippen molar-refractivity contribution in [3.05, 3.63) is 0 Å². The summed E-state index contributed by atoms with van der Waals surface area (Å²) in [7, 11) is -3.15. The SMILES string of the molecule is Cl.NCCCNC(=O)CCCS(=O)(=O)N1CCCC1. The molecule has 0 radical (unpaired) electrons. The van der Waals surface area contributed by atoms with Crippen LogP contribution in [0.15, 0.2) is 0 Å². The Kier molecular flexibility index (Phi) is 9.34. The molecule has 1 aliphatic rings. The Bertz CT molecular complexity index is 356. The van der Waals surface area contributed by atoms with Crippen LogP contribution >= 0.6 is 12.4 Å². The number of hydrogen-bond acceptors (Lipinski definition) is 4. The van der Waals surface area contributed by atoms with E-state index in [1.165, 1.54) is 4.31 Å². The van der Waals surface area contributed by atoms with Crippen LogP contribution in [0.5, 0.6) is 0 Å². The lowest BCUT2D eigenvalue weighted by Crippen LogP contribution is -2.31. The summed E-state index contributed by atoms with van der Waals surface area (Å²) >= 11 is 0. The quantitative estimate of drug-likeness (QED) is 0.621. The van der Waals surface area contributed by atoms with Gasteiger partial charge in [0.05, 0.1) is 5.75 Å². The van der Waals surface area contributed by atoms with E-state index in [2.05, 4.69) is 5.32 Å². The Hall–Kier alpha value is -0.370. The third kappa shape index (κ3) is 7.10. The Morgan fingerprint density at radius 1 is 1.21 bits per heavy atom. The number of hydrogen-bond donors (Lipinski definition) is 2. The molecule has 6 nitrogen and oxygen atoms in total. The van der Waals surface area contributed by atoms with Gasteiger partial charge in [-0.05, 0) is 32.2 Å². The van der Waals surface area contributed by atoms with Gasteiger partial charge in [-0.25, -0.2) is 12.7 Å². The molecule has 0 atom stereocenters. The number of carbonyl (C=O) groups is 1. The van der Waals surface area contributed by atoms with E-state index in [0.717, 1.165) is 19.3 Å². The molecule has 0 saturated carbocycles. The molecule has 0 aromatic rings. The van der Waals surface area contributed by atoms with Crippen LogP contribution < -0.4 is 11.1 Å². The zero-order valence-electron chi connectivity index (χ0n) is 11.1. The molecule has 0 unspecified atom stereocenters. The first-order valence-electron chi connectivity index (χ1n) is 6.51. The van der Waals surface area contributed by atoms with E-state index in [-0.39, 0.29) is 30.5 Å². The van der Waals surface area contributed by atoms with Crippen LogP contribution in [-0.2, 0) is 14.8 Å². The van der Waals surface area contributed by atoms with E-state index in [1.807, 2.05) is 0 Å². The van der Waals surface area contributed by atoms with E-state index < -0.39 is 10.0 Å². The summed E-state index contributed by atoms with van der Waals surface area (Å²) in [6.45, 7) is 2.37. The second-order valence-electron chi connectivity index (χ2n) is 4.52. The molecular weight excluding hydrogens is 290 g/mol. The molecule has 3 N–H and O–H groups in total. The van der Waals surface area contributed by atoms with Gasteiger partial charge in [-0.2, -0.15) is 0 Å². The summed E-state index contributed by atoms with van der Waals surface area (Å²) in [5.74, 6) is -0.0304. The zero-order chi connectivity index (χ0) is 13.4. The third-order valence-electron chi connectivity index (χ3n) is 2.97. The van der Waals surface area contributed by atoms with Crippen LogP contribution in [0, 0.1) is 0 Å². The minimum absolute atomic E-state index is 0. The van der Waals surface area contributed by atoms with Gasteiger partial charge >= 0.3 is 0 Å². The Labute approximate surface area is 121 Å². The van der Waals surface area contributed by atoms with Crippen molar-refractivity contribution in [2.24, 2.45) is 5.73 Å². The van der Waals surface area contributed by atoms with Gasteiger partial charge in [-0.3, -0.25) is 4.79 Å². The first-order chi connectivity index (χ1) is 8.56. The van der Waals surface area contributed by atoms with Gasteiger partial charge in [-0.1, -0.05) is 0 Å². The highest BCUT2D eigenvalue weighted by atomic mass is 35.5. The molecule has 0 bridgehead atoms. The maximum absolute atomic E-state index is 11.9. The van der Waals surface area contributed by atoms with E-state index >= 15 is 0 Å². The van der Waals surface area contributed by atoms with E-state index in [9.17, 15) is 13.2 Å². The molecule has 1 amide bonds. The van der Waals surface area contributed by atoms with Gasteiger partial charge < -0.3 is 11.1 Å². The molecule has 1 rings (SSSR count). The van der Waals surface area contributed by atoms with Gasteiger partial charge in [0.1, 0.15) is 0 Å². The van der Waals surface area contributed by atoms with Crippen molar-refractivity contribution in [1.29, 1.82) is 0 Å². The van der Waals surface area contributed by atoms with Crippen molar-refractivity contribution >= 4 is 28.3 Å². The van der Waals surface area contributed by atoms with Crippen LogP contribution in [-0.4, -0.2) is 50.6 Å². The summed E-state index contributed by atoms with van der Waals surface area (Å²) < 4.78 is 25.2. The van der Waals surface area contributed by atoms with Gasteiger partial charge in [0.2, 0.25) is 15.9 Å². The van der Waals surface area contributed by atoms with Crippen molar-refractivity contribution in [3.8, 4) is 0 Å². The van der Waals surface area contributed by atoms with Gasteiger partial charge in [0.25, 0.3) is 0 Å². The first kappa shape index (κ1) is 18.6. The summed E-state index contributed by atoms with van der Waals surface area (Å²) in [4.78, 5) is 11.4. The summed E-state index contributed by atoms with van der Waals surface area (Å²) in [5.41, 5.74) is 5.31. The van der Waals surface area contributed by atoms with Crippen LogP contribution in [0.3, 0.4) is 0 Å². The minimum Gasteiger partial charge on any atom is -0.356 e. The second kappa shape index (κ2) is 9.52. The van der Waals surface area contributed by atoms with Crippen LogP contribution in [0.4, 0.5) is 0 Å². The highest BCUT2D eigenvalue weighted by Gasteiger charge is 2.24. The molecular formula is C11H24ClN3O3S. The third-order valence-corrected chi connectivity index (χ3v) is 4.92. The molecule has 8 heteroatoms. The summed E-state index contributed by atoms with van der Waals surface area (Å²) in [6.07, 6.45) is 3.28. The molecule has 114 valence electrons. The Balaban J connectivity index is 0.00000324. The monoisotopic (exact) mass is 313 g/mol. The van der Waals surface area contributed by atoms with Gasteiger partial charge in [-0.15, -0.1) is 12.4 Å². The number of nitrogens with two attached hydrogens (primary N) is 1. The lowest BCUT2D eigenvalue weighted by atomic mass is 10.3. The molecule has 1 heterocycles. The summed E-state index contributed by atoms with van der Waals surface area (Å²) in [6, 6.07) is 0. The fourth-order valence-corrected chi connectivity index (χ4v) is 3.51. The minimum atomic E-state index is -3.15. The van der Waals surface area contributed by atoms with Crippen LogP contribution in [0.2, 0.25) is 0 Å². The molecule has 0 aliphatic carbocycles. The maximum Gasteiger partial charge on any atom is 0.220 e. The lowest BCUT2D eigenvalue weighted by Gasteiger charge is -2.14. The normalized spacial score (nSPS) is 16.1. The average molecular weight is 314 g/mol. The van der Waals surface area contributed by atoms with Crippen molar-refractivity contribution in [2.75, 3.05) is 31.9 Å². The lowest BCUT2D eigenvalue weighted by molar-refractivity contribution is -0.121. The van der Waals surface area contributed by atoms with E-state index in [1.54, 1.807) is 0 Å². The molecule has 19 heavy (non-hydrogen) atoms. The largest absolute Gasteiger partial charge is 0.356 e. The maximum atomic E-state index is 11.9. The predicted octanol–water partition coefficient (Wildman–Crippen LogP) is 0.0790. The van der Waals surface area contributed by atoms with Crippen molar-refractivity contribution in [2.45, 2.75) is 32.1 Å². The molecule has 1 saturated heterocycles. The number of amides is 1. The molecule has 1 aliphatic heterocycles. The van der Waals surface area contributed by atoms with Crippen LogP contribution in [0.1, 0.15) is 32.1 Å². The topological polar surface area (TPSA) is 92.5 Å². The number of sulfonamides is 1. The number of halogens is 1. The van der Waals surface area contributed by atoms with Crippen molar-refractivity contribution in [3.63, 3.8) is 0 Å². The predicted molar refractivity (Wildman–Crippen MR) is 77.8 cm³/mol. The van der Waals surface area contributed by atoms with Crippen molar-refractivity contribution < 1.29 is 13.2 Å². The van der Waals surface area contributed by atoms with E-state index in [0.29, 0.717) is 32.6 Å². The number of nitrogens with zero attached hydrogens (tertiary/aromatic N) is 1.